The Balaban J connectivity index is 2.02. The molecule has 0 spiro atoms. The molecule has 2 aromatic carbocycles. The molecule has 2 amide bonds. The van der Waals surface area contributed by atoms with Gasteiger partial charge in [0.15, 0.2) is 0 Å². The zero-order valence-corrected chi connectivity index (χ0v) is 16.2. The maximum atomic E-state index is 12.8. The minimum absolute atomic E-state index is 0.401. The van der Waals surface area contributed by atoms with Gasteiger partial charge in [-0.3, -0.25) is 9.59 Å². The van der Waals surface area contributed by atoms with Gasteiger partial charge in [0, 0.05) is 26.2 Å². The number of carbonyl (C=O) groups is 2. The molecular weight excluding hydrogens is 338 g/mol. The molecule has 0 heterocycles. The van der Waals surface area contributed by atoms with Gasteiger partial charge >= 0.3 is 11.8 Å². The van der Waals surface area contributed by atoms with E-state index in [1.54, 1.807) is 4.90 Å². The van der Waals surface area contributed by atoms with E-state index >= 15 is 0 Å². The van der Waals surface area contributed by atoms with Crippen molar-refractivity contribution in [3.8, 4) is 0 Å². The second-order valence-electron chi connectivity index (χ2n) is 6.42. The molecular formula is C22H29N3O2. The summed E-state index contributed by atoms with van der Waals surface area (Å²) in [6, 6.07) is 19.5. The third-order valence-corrected chi connectivity index (χ3v) is 4.52. The van der Waals surface area contributed by atoms with Gasteiger partial charge < -0.3 is 15.1 Å². The molecule has 0 fully saturated rings. The lowest BCUT2D eigenvalue weighted by Crippen LogP contribution is -2.44. The van der Waals surface area contributed by atoms with Crippen molar-refractivity contribution < 1.29 is 9.59 Å². The molecule has 1 N–H and O–H groups in total. The Morgan fingerprint density at radius 2 is 1.30 bits per heavy atom. The first-order valence-corrected chi connectivity index (χ1v) is 9.51. The van der Waals surface area contributed by atoms with Crippen LogP contribution in [0.3, 0.4) is 0 Å². The van der Waals surface area contributed by atoms with Crippen LogP contribution in [0, 0.1) is 0 Å². The van der Waals surface area contributed by atoms with E-state index in [0.29, 0.717) is 19.6 Å². The predicted molar refractivity (Wildman–Crippen MR) is 108 cm³/mol. The highest BCUT2D eigenvalue weighted by atomic mass is 16.2. The summed E-state index contributed by atoms with van der Waals surface area (Å²) in [5.74, 6) is -1.05. The molecule has 2 aromatic rings. The van der Waals surface area contributed by atoms with Crippen LogP contribution in [0.2, 0.25) is 0 Å². The maximum absolute atomic E-state index is 12.8. The van der Waals surface area contributed by atoms with Gasteiger partial charge in [0.25, 0.3) is 0 Å². The molecule has 0 aliphatic heterocycles. The lowest BCUT2D eigenvalue weighted by molar-refractivity contribution is -0.146. The summed E-state index contributed by atoms with van der Waals surface area (Å²) in [6.07, 6.45) is 0. The molecule has 2 rings (SSSR count). The van der Waals surface area contributed by atoms with Crippen LogP contribution in [0.25, 0.3) is 0 Å². The van der Waals surface area contributed by atoms with Crippen LogP contribution in [0.15, 0.2) is 60.7 Å². The van der Waals surface area contributed by atoms with Crippen LogP contribution in [0.5, 0.6) is 0 Å². The number of benzene rings is 2. The lowest BCUT2D eigenvalue weighted by Gasteiger charge is -2.23. The highest BCUT2D eigenvalue weighted by Gasteiger charge is 2.22. The second kappa shape index (κ2) is 11.1. The van der Waals surface area contributed by atoms with Crippen LogP contribution in [-0.2, 0) is 22.7 Å². The lowest BCUT2D eigenvalue weighted by atomic mass is 10.1. The summed E-state index contributed by atoms with van der Waals surface area (Å²) >= 11 is 0. The van der Waals surface area contributed by atoms with Gasteiger partial charge in [-0.05, 0) is 24.2 Å². The topological polar surface area (TPSA) is 52.7 Å². The average Bonchev–Trinajstić information content (AvgIpc) is 2.71. The summed E-state index contributed by atoms with van der Waals surface area (Å²) in [6.45, 7) is 8.02. The van der Waals surface area contributed by atoms with E-state index in [9.17, 15) is 9.59 Å². The van der Waals surface area contributed by atoms with E-state index in [-0.39, 0.29) is 0 Å². The molecule has 0 aliphatic carbocycles. The van der Waals surface area contributed by atoms with Gasteiger partial charge in [-0.1, -0.05) is 74.5 Å². The first kappa shape index (κ1) is 20.6. The van der Waals surface area contributed by atoms with Crippen LogP contribution in [0.1, 0.15) is 25.0 Å². The van der Waals surface area contributed by atoms with E-state index in [0.717, 1.165) is 30.8 Å². The summed E-state index contributed by atoms with van der Waals surface area (Å²) < 4.78 is 0. The molecule has 0 saturated carbocycles. The van der Waals surface area contributed by atoms with E-state index in [2.05, 4.69) is 24.1 Å². The fourth-order valence-electron chi connectivity index (χ4n) is 2.89. The fraction of sp³-hybridized carbons (Fsp3) is 0.364. The smallest absolute Gasteiger partial charge is 0.312 e. The van der Waals surface area contributed by atoms with E-state index in [1.807, 2.05) is 60.7 Å². The number of nitrogens with zero attached hydrogens (tertiary/aromatic N) is 2. The van der Waals surface area contributed by atoms with Gasteiger partial charge in [-0.25, -0.2) is 0 Å². The third kappa shape index (κ3) is 6.87. The monoisotopic (exact) mass is 367 g/mol. The van der Waals surface area contributed by atoms with Crippen LogP contribution in [-0.4, -0.2) is 47.8 Å². The number of carbonyl (C=O) groups excluding carboxylic acids is 2. The average molecular weight is 367 g/mol. The Hall–Kier alpha value is -2.66. The largest absolute Gasteiger partial charge is 0.347 e. The summed E-state index contributed by atoms with van der Waals surface area (Å²) in [4.78, 5) is 29.0. The first-order valence-electron chi connectivity index (χ1n) is 9.51. The van der Waals surface area contributed by atoms with Crippen molar-refractivity contribution in [2.45, 2.75) is 26.9 Å². The van der Waals surface area contributed by atoms with Crippen molar-refractivity contribution in [3.63, 3.8) is 0 Å². The quantitative estimate of drug-likeness (QED) is 0.694. The molecule has 27 heavy (non-hydrogen) atoms. The Labute approximate surface area is 162 Å². The van der Waals surface area contributed by atoms with Gasteiger partial charge in [0.1, 0.15) is 0 Å². The zero-order valence-electron chi connectivity index (χ0n) is 16.2. The van der Waals surface area contributed by atoms with E-state index in [1.165, 1.54) is 0 Å². The van der Waals surface area contributed by atoms with Crippen LogP contribution >= 0.6 is 0 Å². The first-order chi connectivity index (χ1) is 13.1. The third-order valence-electron chi connectivity index (χ3n) is 4.52. The van der Waals surface area contributed by atoms with Crippen molar-refractivity contribution >= 4 is 11.8 Å². The zero-order chi connectivity index (χ0) is 19.5. The summed E-state index contributed by atoms with van der Waals surface area (Å²) in [7, 11) is 0. The molecule has 144 valence electrons. The minimum Gasteiger partial charge on any atom is -0.347 e. The van der Waals surface area contributed by atoms with Gasteiger partial charge in [0.05, 0.1) is 0 Å². The highest BCUT2D eigenvalue weighted by molar-refractivity contribution is 6.34. The highest BCUT2D eigenvalue weighted by Crippen LogP contribution is 2.10. The number of hydrogen-bond donors (Lipinski definition) is 1. The Kier molecular flexibility index (Phi) is 8.52. The summed E-state index contributed by atoms with van der Waals surface area (Å²) in [5, 5.41) is 2.76. The van der Waals surface area contributed by atoms with Gasteiger partial charge in [-0.15, -0.1) is 0 Å². The number of amides is 2. The number of likely N-dealkylation sites (N-methyl/N-ethyl adjacent to an activating group) is 1. The van der Waals surface area contributed by atoms with Crippen molar-refractivity contribution in [1.29, 1.82) is 0 Å². The molecule has 0 saturated heterocycles. The molecule has 0 aromatic heterocycles. The van der Waals surface area contributed by atoms with Gasteiger partial charge in [-0.2, -0.15) is 0 Å². The van der Waals surface area contributed by atoms with E-state index < -0.39 is 11.8 Å². The fourth-order valence-corrected chi connectivity index (χ4v) is 2.89. The SMILES string of the molecule is CCN(CC)CCNC(=O)C(=O)N(Cc1ccccc1)Cc1ccccc1. The van der Waals surface area contributed by atoms with Gasteiger partial charge in [0.2, 0.25) is 0 Å². The Morgan fingerprint density at radius 1 is 0.815 bits per heavy atom. The van der Waals surface area contributed by atoms with Crippen molar-refractivity contribution in [3.05, 3.63) is 71.8 Å². The normalized spacial score (nSPS) is 10.6. The number of rotatable bonds is 9. The standard InChI is InChI=1S/C22H29N3O2/c1-3-24(4-2)16-15-23-21(26)22(27)25(17-19-11-7-5-8-12-19)18-20-13-9-6-10-14-20/h5-14H,3-4,15-18H2,1-2H3,(H,23,26). The molecule has 5 heteroatoms. The Morgan fingerprint density at radius 3 is 1.74 bits per heavy atom. The number of nitrogens with one attached hydrogen (secondary N) is 1. The Bertz CT molecular complexity index is 659. The minimum atomic E-state index is -0.547. The van der Waals surface area contributed by atoms with Crippen LogP contribution in [0.4, 0.5) is 0 Å². The molecule has 0 atom stereocenters. The molecule has 0 aliphatic rings. The number of hydrogen-bond acceptors (Lipinski definition) is 3. The predicted octanol–water partition coefficient (Wildman–Crippen LogP) is 2.67. The molecule has 0 unspecified atom stereocenters. The summed E-state index contributed by atoms with van der Waals surface area (Å²) in [5.41, 5.74) is 2.00. The molecule has 0 bridgehead atoms. The maximum Gasteiger partial charge on any atom is 0.312 e. The van der Waals surface area contributed by atoms with Crippen molar-refractivity contribution in [2.75, 3.05) is 26.2 Å². The van der Waals surface area contributed by atoms with Crippen molar-refractivity contribution in [2.24, 2.45) is 0 Å². The molecule has 5 nitrogen and oxygen atoms in total. The van der Waals surface area contributed by atoms with Crippen molar-refractivity contribution in [1.82, 2.24) is 15.1 Å². The molecule has 0 radical (unpaired) electrons. The second-order valence-corrected chi connectivity index (χ2v) is 6.42. The van der Waals surface area contributed by atoms with E-state index in [4.69, 9.17) is 0 Å². The van der Waals surface area contributed by atoms with Crippen LogP contribution < -0.4 is 5.32 Å².